The standard InChI is InChI=1S/C29H42N2O5S/c1-20(2)8-6-9-21(3)10-7-11-22(4)16-17-37-19-27(29(35)36)31-28(34)26(30-23(5)32)18-24-12-14-25(33)15-13-24/h8,10,12-16,26-27,33H,6-7,9,11,17-19H2,1-5H3,(H,30,32)(H,31,34)(H,35,36)/b21-10+,22-16+/t26?,27-/m0/s1. The first-order valence-electron chi connectivity index (χ1n) is 12.6. The summed E-state index contributed by atoms with van der Waals surface area (Å²) in [4.78, 5) is 36.2. The average molecular weight is 531 g/mol. The van der Waals surface area contributed by atoms with E-state index in [9.17, 15) is 24.6 Å². The summed E-state index contributed by atoms with van der Waals surface area (Å²) in [5.41, 5.74) is 4.71. The molecule has 7 nitrogen and oxygen atoms in total. The molecular formula is C29H42N2O5S. The van der Waals surface area contributed by atoms with Gasteiger partial charge in [0.15, 0.2) is 0 Å². The number of benzene rings is 1. The lowest BCUT2D eigenvalue weighted by Gasteiger charge is -2.21. The van der Waals surface area contributed by atoms with Gasteiger partial charge in [0.05, 0.1) is 0 Å². The monoisotopic (exact) mass is 530 g/mol. The van der Waals surface area contributed by atoms with Crippen molar-refractivity contribution in [3.63, 3.8) is 0 Å². The zero-order valence-corrected chi connectivity index (χ0v) is 23.5. The number of aromatic hydroxyl groups is 1. The lowest BCUT2D eigenvalue weighted by molar-refractivity contribution is -0.141. The number of nitrogens with one attached hydrogen (secondary N) is 2. The first-order chi connectivity index (χ1) is 17.5. The van der Waals surface area contributed by atoms with E-state index in [0.29, 0.717) is 5.75 Å². The number of amides is 2. The SMILES string of the molecule is CC(=O)NC(Cc1ccc(O)cc1)C(=O)N[C@@H](CSC/C=C(\C)CC/C=C(\C)CCC=C(C)C)C(=O)O. The molecule has 1 aromatic rings. The van der Waals surface area contributed by atoms with Crippen molar-refractivity contribution in [2.75, 3.05) is 11.5 Å². The van der Waals surface area contributed by atoms with Crippen LogP contribution in [0.2, 0.25) is 0 Å². The summed E-state index contributed by atoms with van der Waals surface area (Å²) in [6, 6.07) is 4.29. The Morgan fingerprint density at radius 2 is 1.46 bits per heavy atom. The molecule has 0 saturated carbocycles. The van der Waals surface area contributed by atoms with Crippen LogP contribution in [0.1, 0.15) is 65.9 Å². The highest BCUT2D eigenvalue weighted by Crippen LogP contribution is 2.14. The van der Waals surface area contributed by atoms with Crippen LogP contribution in [0, 0.1) is 0 Å². The molecule has 204 valence electrons. The predicted octanol–water partition coefficient (Wildman–Crippen LogP) is 5.16. The Morgan fingerprint density at radius 3 is 2.03 bits per heavy atom. The quantitative estimate of drug-likeness (QED) is 0.173. The molecule has 37 heavy (non-hydrogen) atoms. The third-order valence-corrected chi connectivity index (χ3v) is 6.61. The summed E-state index contributed by atoms with van der Waals surface area (Å²) in [6.07, 6.45) is 10.9. The minimum atomic E-state index is -1.12. The number of aliphatic carboxylic acids is 1. The topological polar surface area (TPSA) is 116 Å². The Morgan fingerprint density at radius 1 is 0.865 bits per heavy atom. The molecule has 0 aliphatic heterocycles. The van der Waals surface area contributed by atoms with Crippen LogP contribution < -0.4 is 10.6 Å². The molecule has 4 N–H and O–H groups in total. The first kappa shape index (κ1) is 32.0. The molecule has 1 unspecified atom stereocenters. The normalized spacial score (nSPS) is 13.4. The van der Waals surface area contributed by atoms with Gasteiger partial charge in [0.2, 0.25) is 11.8 Å². The molecule has 0 spiro atoms. The third-order valence-electron chi connectivity index (χ3n) is 5.64. The smallest absolute Gasteiger partial charge is 0.327 e. The molecule has 2 amide bonds. The second-order valence-electron chi connectivity index (χ2n) is 9.52. The van der Waals surface area contributed by atoms with E-state index in [4.69, 9.17) is 0 Å². The molecular weight excluding hydrogens is 488 g/mol. The van der Waals surface area contributed by atoms with Crippen molar-refractivity contribution >= 4 is 29.5 Å². The number of phenolic OH excluding ortho intramolecular Hbond substituents is 1. The largest absolute Gasteiger partial charge is 0.508 e. The molecule has 0 aliphatic rings. The van der Waals surface area contributed by atoms with E-state index in [-0.39, 0.29) is 17.9 Å². The summed E-state index contributed by atoms with van der Waals surface area (Å²) >= 11 is 1.44. The maximum absolute atomic E-state index is 12.8. The molecule has 1 rings (SSSR count). The zero-order valence-electron chi connectivity index (χ0n) is 22.7. The van der Waals surface area contributed by atoms with Gasteiger partial charge in [-0.05, 0) is 71.1 Å². The number of phenols is 1. The van der Waals surface area contributed by atoms with Crippen LogP contribution in [0.3, 0.4) is 0 Å². The summed E-state index contributed by atoms with van der Waals surface area (Å²) in [5.74, 6) is -1.12. The summed E-state index contributed by atoms with van der Waals surface area (Å²) in [7, 11) is 0. The van der Waals surface area contributed by atoms with E-state index in [2.05, 4.69) is 56.6 Å². The van der Waals surface area contributed by atoms with E-state index in [0.717, 1.165) is 31.2 Å². The van der Waals surface area contributed by atoms with Crippen molar-refractivity contribution in [1.29, 1.82) is 0 Å². The minimum absolute atomic E-state index is 0.0956. The molecule has 0 bridgehead atoms. The number of rotatable bonds is 16. The lowest BCUT2D eigenvalue weighted by atomic mass is 10.0. The van der Waals surface area contributed by atoms with Gasteiger partial charge in [0.1, 0.15) is 17.8 Å². The minimum Gasteiger partial charge on any atom is -0.508 e. The van der Waals surface area contributed by atoms with Crippen LogP contribution in [0.4, 0.5) is 0 Å². The van der Waals surface area contributed by atoms with Crippen LogP contribution in [0.15, 0.2) is 59.2 Å². The molecule has 0 aliphatic carbocycles. The second-order valence-corrected chi connectivity index (χ2v) is 10.6. The molecule has 1 aromatic carbocycles. The van der Waals surface area contributed by atoms with Gasteiger partial charge in [-0.15, -0.1) is 0 Å². The van der Waals surface area contributed by atoms with Gasteiger partial charge in [0, 0.05) is 24.9 Å². The Balaban J connectivity index is 2.56. The van der Waals surface area contributed by atoms with Gasteiger partial charge in [-0.25, -0.2) is 4.79 Å². The highest BCUT2D eigenvalue weighted by Gasteiger charge is 2.26. The van der Waals surface area contributed by atoms with Gasteiger partial charge >= 0.3 is 5.97 Å². The molecule has 0 fully saturated rings. The van der Waals surface area contributed by atoms with Crippen molar-refractivity contribution in [2.45, 2.75) is 78.8 Å². The van der Waals surface area contributed by atoms with Crippen LogP contribution >= 0.6 is 11.8 Å². The van der Waals surface area contributed by atoms with Crippen molar-refractivity contribution in [3.8, 4) is 5.75 Å². The first-order valence-corrected chi connectivity index (χ1v) is 13.7. The summed E-state index contributed by atoms with van der Waals surface area (Å²) < 4.78 is 0. The summed E-state index contributed by atoms with van der Waals surface area (Å²) in [5, 5.41) is 24.2. The number of carboxylic acid groups (broad SMARTS) is 1. The van der Waals surface area contributed by atoms with Crippen molar-refractivity contribution in [2.24, 2.45) is 0 Å². The van der Waals surface area contributed by atoms with Crippen molar-refractivity contribution < 1.29 is 24.6 Å². The third kappa shape index (κ3) is 15.0. The number of carbonyl (C=O) groups excluding carboxylic acids is 2. The van der Waals surface area contributed by atoms with E-state index in [1.54, 1.807) is 12.1 Å². The van der Waals surface area contributed by atoms with Crippen LogP contribution in [-0.2, 0) is 20.8 Å². The number of carboxylic acids is 1. The highest BCUT2D eigenvalue weighted by molar-refractivity contribution is 7.99. The number of allylic oxidation sites excluding steroid dienone is 5. The Labute approximate surface area is 225 Å². The van der Waals surface area contributed by atoms with Gasteiger partial charge in [-0.3, -0.25) is 9.59 Å². The molecule has 2 atom stereocenters. The molecule has 0 radical (unpaired) electrons. The molecule has 0 saturated heterocycles. The van der Waals surface area contributed by atoms with Gasteiger partial charge < -0.3 is 20.8 Å². The highest BCUT2D eigenvalue weighted by atomic mass is 32.2. The fourth-order valence-electron chi connectivity index (χ4n) is 3.50. The predicted molar refractivity (Wildman–Crippen MR) is 152 cm³/mol. The van der Waals surface area contributed by atoms with E-state index >= 15 is 0 Å². The van der Waals surface area contributed by atoms with Crippen LogP contribution in [0.5, 0.6) is 5.75 Å². The van der Waals surface area contributed by atoms with Gasteiger partial charge in [-0.1, -0.05) is 47.1 Å². The van der Waals surface area contributed by atoms with Gasteiger partial charge in [0.25, 0.3) is 0 Å². The van der Waals surface area contributed by atoms with Crippen molar-refractivity contribution in [1.82, 2.24) is 10.6 Å². The average Bonchev–Trinajstić information content (AvgIpc) is 2.81. The number of hydrogen-bond acceptors (Lipinski definition) is 5. The number of thioether (sulfide) groups is 1. The van der Waals surface area contributed by atoms with Crippen LogP contribution in [0.25, 0.3) is 0 Å². The maximum atomic E-state index is 12.8. The fourth-order valence-corrected chi connectivity index (χ4v) is 4.50. The lowest BCUT2D eigenvalue weighted by Crippen LogP contribution is -2.52. The Bertz CT molecular complexity index is 979. The van der Waals surface area contributed by atoms with Crippen molar-refractivity contribution in [3.05, 3.63) is 64.8 Å². The molecule has 0 heterocycles. The zero-order chi connectivity index (χ0) is 27.8. The molecule has 8 heteroatoms. The van der Waals surface area contributed by atoms with E-state index < -0.39 is 29.9 Å². The molecule has 0 aromatic heterocycles. The van der Waals surface area contributed by atoms with E-state index in [1.807, 2.05) is 0 Å². The summed E-state index contributed by atoms with van der Waals surface area (Å²) in [6.45, 7) is 9.76. The Hall–Kier alpha value is -3.00. The second kappa shape index (κ2) is 17.5. The van der Waals surface area contributed by atoms with Crippen LogP contribution in [-0.4, -0.2) is 51.6 Å². The fraction of sp³-hybridized carbons (Fsp3) is 0.483. The number of carbonyl (C=O) groups is 3. The number of hydrogen-bond donors (Lipinski definition) is 4. The van der Waals surface area contributed by atoms with Gasteiger partial charge in [-0.2, -0.15) is 11.8 Å². The Kier molecular flexibility index (Phi) is 15.1. The van der Waals surface area contributed by atoms with E-state index in [1.165, 1.54) is 47.5 Å². The maximum Gasteiger partial charge on any atom is 0.327 e.